The average molecular weight is 769 g/mol. The molecule has 1 N–H and O–H groups in total. The predicted molar refractivity (Wildman–Crippen MR) is 195 cm³/mol. The summed E-state index contributed by atoms with van der Waals surface area (Å²) >= 11 is 0. The fraction of sp³-hybridized carbons (Fsp3) is 0.500. The second-order valence-corrected chi connectivity index (χ2v) is 15.9. The monoisotopic (exact) mass is 768 g/mol. The Hall–Kier alpha value is -4.39. The third-order valence-corrected chi connectivity index (χ3v) is 11.4. The minimum atomic E-state index is -4.60. The lowest BCUT2D eigenvalue weighted by molar-refractivity contribution is -0.137. The molecule has 1 saturated heterocycles. The molecule has 294 valence electrons. The van der Waals surface area contributed by atoms with Gasteiger partial charge in [-0.25, -0.2) is 23.1 Å². The molecular weight excluding hydrogens is 722 g/mol. The van der Waals surface area contributed by atoms with Gasteiger partial charge in [-0.1, -0.05) is 26.0 Å². The summed E-state index contributed by atoms with van der Waals surface area (Å²) in [5, 5.41) is 9.44. The summed E-state index contributed by atoms with van der Waals surface area (Å²) in [5.41, 5.74) is 2.30. The molecule has 1 aliphatic heterocycles. The number of aromatic nitrogens is 3. The lowest BCUT2D eigenvalue weighted by Crippen LogP contribution is -2.36. The van der Waals surface area contributed by atoms with Crippen molar-refractivity contribution in [2.45, 2.75) is 108 Å². The van der Waals surface area contributed by atoms with Crippen LogP contribution in [0.5, 0.6) is 11.5 Å². The van der Waals surface area contributed by atoms with Crippen LogP contribution in [0, 0.1) is 5.41 Å². The number of nitrogens with zero attached hydrogens (tertiary/aromatic N) is 4. The summed E-state index contributed by atoms with van der Waals surface area (Å²) in [7, 11) is 1.57. The zero-order valence-corrected chi connectivity index (χ0v) is 31.2. The van der Waals surface area contributed by atoms with Gasteiger partial charge in [-0.2, -0.15) is 13.2 Å². The topological polar surface area (TPSA) is 80.6 Å². The highest BCUT2D eigenvalue weighted by molar-refractivity contribution is 5.52. The molecule has 7 nitrogen and oxygen atoms in total. The fourth-order valence-electron chi connectivity index (χ4n) is 8.55. The van der Waals surface area contributed by atoms with Crippen LogP contribution in [-0.4, -0.2) is 46.2 Å². The maximum Gasteiger partial charge on any atom is 0.416 e. The maximum absolute atomic E-state index is 17.7. The molecule has 2 fully saturated rings. The van der Waals surface area contributed by atoms with Crippen molar-refractivity contribution in [3.63, 3.8) is 0 Å². The van der Waals surface area contributed by atoms with E-state index in [1.54, 1.807) is 43.8 Å². The molecule has 3 aliphatic rings. The zero-order chi connectivity index (χ0) is 39.1. The van der Waals surface area contributed by atoms with Gasteiger partial charge in [0.15, 0.2) is 6.17 Å². The van der Waals surface area contributed by atoms with Crippen molar-refractivity contribution in [3.05, 3.63) is 106 Å². The SMILES string of the molecule is COc1ccc(O[C@H]2CC(C)(C)Cc3nc(C4CCN(c5ncc(CO)cn5)CC4)c(C(F)c4ccc(C(F)(F)F)cc4)c(C4CCC(F)(F)CC4)c32)cc1. The molecule has 2 atom stereocenters. The fourth-order valence-corrected chi connectivity index (χ4v) is 8.55. The van der Waals surface area contributed by atoms with Gasteiger partial charge in [-0.05, 0) is 97.4 Å². The number of benzene rings is 2. The summed E-state index contributed by atoms with van der Waals surface area (Å²) in [6, 6.07) is 11.2. The van der Waals surface area contributed by atoms with E-state index >= 15 is 4.39 Å². The van der Waals surface area contributed by atoms with Crippen LogP contribution in [0.3, 0.4) is 0 Å². The number of hydrogen-bond acceptors (Lipinski definition) is 7. The minimum Gasteiger partial charge on any atom is -0.497 e. The normalized spacial score (nSPS) is 20.8. The molecular formula is C42H46F6N4O3. The van der Waals surface area contributed by atoms with Crippen LogP contribution in [0.15, 0.2) is 60.9 Å². The van der Waals surface area contributed by atoms with Crippen molar-refractivity contribution in [2.24, 2.45) is 5.41 Å². The first-order valence-corrected chi connectivity index (χ1v) is 18.9. The largest absolute Gasteiger partial charge is 0.497 e. The van der Waals surface area contributed by atoms with E-state index in [1.807, 2.05) is 4.90 Å². The maximum atomic E-state index is 17.7. The highest BCUT2D eigenvalue weighted by atomic mass is 19.4. The van der Waals surface area contributed by atoms with E-state index in [9.17, 15) is 27.1 Å². The van der Waals surface area contributed by atoms with Crippen LogP contribution >= 0.6 is 0 Å². The lowest BCUT2D eigenvalue weighted by Gasteiger charge is -2.42. The molecule has 0 spiro atoms. The molecule has 0 radical (unpaired) electrons. The highest BCUT2D eigenvalue weighted by Crippen LogP contribution is 2.53. The third kappa shape index (κ3) is 8.41. The van der Waals surface area contributed by atoms with Crippen molar-refractivity contribution in [1.29, 1.82) is 0 Å². The molecule has 4 aromatic rings. The van der Waals surface area contributed by atoms with Gasteiger partial charge in [0.2, 0.25) is 11.9 Å². The zero-order valence-electron chi connectivity index (χ0n) is 31.2. The molecule has 0 bridgehead atoms. The molecule has 55 heavy (non-hydrogen) atoms. The molecule has 3 heterocycles. The third-order valence-electron chi connectivity index (χ3n) is 11.4. The van der Waals surface area contributed by atoms with Gasteiger partial charge in [0.1, 0.15) is 17.6 Å². The molecule has 7 rings (SSSR count). The molecule has 1 saturated carbocycles. The summed E-state index contributed by atoms with van der Waals surface area (Å²) in [6.45, 7) is 5.12. The molecule has 13 heteroatoms. The van der Waals surface area contributed by atoms with Crippen molar-refractivity contribution < 1.29 is 40.9 Å². The first kappa shape index (κ1) is 38.9. The number of anilines is 1. The molecule has 1 unspecified atom stereocenters. The average Bonchev–Trinajstić information content (AvgIpc) is 3.16. The van der Waals surface area contributed by atoms with E-state index < -0.39 is 35.9 Å². The van der Waals surface area contributed by atoms with Gasteiger partial charge in [0.25, 0.3) is 0 Å². The molecule has 2 aromatic heterocycles. The van der Waals surface area contributed by atoms with Crippen molar-refractivity contribution in [1.82, 2.24) is 15.0 Å². The quantitative estimate of drug-likeness (QED) is 0.170. The number of aliphatic hydroxyl groups excluding tert-OH is 1. The Balaban J connectivity index is 1.38. The second kappa shape index (κ2) is 15.3. The predicted octanol–water partition coefficient (Wildman–Crippen LogP) is 10.2. The van der Waals surface area contributed by atoms with Crippen molar-refractivity contribution in [2.75, 3.05) is 25.1 Å². The Morgan fingerprint density at radius 2 is 1.49 bits per heavy atom. The first-order chi connectivity index (χ1) is 26.1. The van der Waals surface area contributed by atoms with E-state index in [1.165, 1.54) is 12.1 Å². The van der Waals surface area contributed by atoms with Gasteiger partial charge in [-0.15, -0.1) is 0 Å². The van der Waals surface area contributed by atoms with Crippen LogP contribution in [0.2, 0.25) is 0 Å². The van der Waals surface area contributed by atoms with E-state index in [0.717, 1.165) is 17.8 Å². The molecule has 2 aromatic carbocycles. The highest BCUT2D eigenvalue weighted by Gasteiger charge is 2.45. The van der Waals surface area contributed by atoms with Crippen LogP contribution in [0.1, 0.15) is 128 Å². The number of methoxy groups -OCH3 is 1. The Kier molecular flexibility index (Phi) is 10.8. The minimum absolute atomic E-state index is 0.0389. The molecule has 2 aliphatic carbocycles. The van der Waals surface area contributed by atoms with E-state index in [4.69, 9.17) is 14.5 Å². The number of hydrogen-bond donors (Lipinski definition) is 1. The second-order valence-electron chi connectivity index (χ2n) is 15.9. The Bertz CT molecular complexity index is 1940. The Morgan fingerprint density at radius 3 is 2.07 bits per heavy atom. The van der Waals surface area contributed by atoms with Gasteiger partial charge >= 0.3 is 6.18 Å². The summed E-state index contributed by atoms with van der Waals surface area (Å²) in [4.78, 5) is 16.2. The Morgan fingerprint density at radius 1 is 0.873 bits per heavy atom. The number of piperidine rings is 1. The summed E-state index contributed by atoms with van der Waals surface area (Å²) < 4.78 is 100. The summed E-state index contributed by atoms with van der Waals surface area (Å²) in [6.07, 6.45) is -2.19. The van der Waals surface area contributed by atoms with Gasteiger partial charge in [0, 0.05) is 66.6 Å². The summed E-state index contributed by atoms with van der Waals surface area (Å²) in [5.74, 6) is -1.82. The van der Waals surface area contributed by atoms with Gasteiger partial charge in [-0.3, -0.25) is 4.98 Å². The van der Waals surface area contributed by atoms with Crippen LogP contribution in [0.25, 0.3) is 0 Å². The number of fused-ring (bicyclic) bond motifs is 1. The number of aliphatic hydroxyl groups is 1. The van der Waals surface area contributed by atoms with Crippen molar-refractivity contribution >= 4 is 5.95 Å². The number of halogens is 6. The van der Waals surface area contributed by atoms with Crippen LogP contribution in [-0.2, 0) is 19.2 Å². The van der Waals surface area contributed by atoms with Gasteiger partial charge in [0.05, 0.1) is 25.0 Å². The number of pyridine rings is 1. The van der Waals surface area contributed by atoms with Crippen molar-refractivity contribution in [3.8, 4) is 11.5 Å². The van der Waals surface area contributed by atoms with E-state index in [-0.39, 0.29) is 54.7 Å². The van der Waals surface area contributed by atoms with E-state index in [2.05, 4.69) is 23.8 Å². The van der Waals surface area contributed by atoms with Gasteiger partial charge < -0.3 is 19.5 Å². The number of ether oxygens (including phenoxy) is 2. The lowest BCUT2D eigenvalue weighted by atomic mass is 9.68. The van der Waals surface area contributed by atoms with Crippen LogP contribution in [0.4, 0.5) is 32.3 Å². The number of rotatable bonds is 9. The molecule has 0 amide bonds. The van der Waals surface area contributed by atoms with E-state index in [0.29, 0.717) is 78.6 Å². The number of alkyl halides is 6. The van der Waals surface area contributed by atoms with Crippen LogP contribution < -0.4 is 14.4 Å². The first-order valence-electron chi connectivity index (χ1n) is 18.9. The standard InChI is InChI=1S/C42H46F6N4O3/c1-40(2)20-32-35(33(21-40)55-31-10-8-30(54-3)9-11-31)34(26-12-16-41(44,45)17-13-26)36(37(43)27-4-6-29(7-5-27)42(46,47)48)38(51-32)28-14-18-52(19-15-28)39-49-22-25(24-53)23-50-39/h4-11,22-23,26,28,33,37,53H,12-21,24H2,1-3H3/t33-,37?/m0/s1. The Labute approximate surface area is 317 Å². The smallest absolute Gasteiger partial charge is 0.416 e.